The van der Waals surface area contributed by atoms with Crippen LogP contribution in [0.3, 0.4) is 0 Å². The molecule has 170 valence electrons. The lowest BCUT2D eigenvalue weighted by molar-refractivity contribution is -0.137. The van der Waals surface area contributed by atoms with Crippen molar-refractivity contribution in [2.45, 2.75) is 24.7 Å². The number of amides is 1. The monoisotopic (exact) mass is 447 g/mol. The molecular weight excluding hydrogens is 423 g/mol. The summed E-state index contributed by atoms with van der Waals surface area (Å²) in [5, 5.41) is 6.93. The van der Waals surface area contributed by atoms with Crippen LogP contribution < -0.4 is 5.32 Å². The fourth-order valence-electron chi connectivity index (χ4n) is 3.87. The molecule has 0 bridgehead atoms. The van der Waals surface area contributed by atoms with E-state index in [0.29, 0.717) is 44.0 Å². The van der Waals surface area contributed by atoms with Crippen molar-refractivity contribution in [2.75, 3.05) is 32.8 Å². The third-order valence-corrected chi connectivity index (χ3v) is 5.65. The van der Waals surface area contributed by atoms with Gasteiger partial charge in [0.1, 0.15) is 0 Å². The Morgan fingerprint density at radius 1 is 1.09 bits per heavy atom. The van der Waals surface area contributed by atoms with Crippen molar-refractivity contribution in [3.05, 3.63) is 71.3 Å². The maximum absolute atomic E-state index is 12.9. The van der Waals surface area contributed by atoms with E-state index in [2.05, 4.69) is 15.4 Å². The van der Waals surface area contributed by atoms with Crippen LogP contribution in [0.5, 0.6) is 0 Å². The molecule has 2 aliphatic rings. The fourth-order valence-corrected chi connectivity index (χ4v) is 3.87. The first-order valence-corrected chi connectivity index (χ1v) is 10.5. The molecule has 32 heavy (non-hydrogen) atoms. The van der Waals surface area contributed by atoms with E-state index in [9.17, 15) is 18.0 Å². The number of alkyl halides is 3. The molecule has 2 heterocycles. The van der Waals surface area contributed by atoms with Crippen LogP contribution >= 0.6 is 0 Å². The molecule has 4 rings (SSSR count). The normalized spacial score (nSPS) is 20.3. The Kier molecular flexibility index (Phi) is 6.76. The minimum absolute atomic E-state index is 0.241. The van der Waals surface area contributed by atoms with E-state index in [1.807, 2.05) is 30.3 Å². The topological polar surface area (TPSA) is 63.2 Å². The summed E-state index contributed by atoms with van der Waals surface area (Å²) in [5.74, 6) is -0.301. The summed E-state index contributed by atoms with van der Waals surface area (Å²) in [6.45, 7) is 2.56. The Balaban J connectivity index is 1.41. The molecule has 2 unspecified atom stereocenters. The first kappa shape index (κ1) is 22.3. The van der Waals surface area contributed by atoms with Gasteiger partial charge >= 0.3 is 6.18 Å². The maximum Gasteiger partial charge on any atom is 0.416 e. The number of ether oxygens (including phenoxy) is 1. The Morgan fingerprint density at radius 3 is 2.44 bits per heavy atom. The quantitative estimate of drug-likeness (QED) is 0.738. The van der Waals surface area contributed by atoms with Crippen LogP contribution in [0.1, 0.15) is 29.2 Å². The molecule has 1 fully saturated rings. The molecule has 1 amide bonds. The highest BCUT2D eigenvalue weighted by Gasteiger charge is 2.32. The number of hydrogen-bond donors (Lipinski definition) is 1. The lowest BCUT2D eigenvalue weighted by Gasteiger charge is -2.35. The van der Waals surface area contributed by atoms with Crippen molar-refractivity contribution < 1.29 is 27.5 Å². The minimum atomic E-state index is -4.39. The summed E-state index contributed by atoms with van der Waals surface area (Å²) < 4.78 is 44.2. The number of benzene rings is 2. The first-order chi connectivity index (χ1) is 15.4. The van der Waals surface area contributed by atoms with Crippen LogP contribution in [0.4, 0.5) is 13.2 Å². The number of nitrogens with one attached hydrogen (secondary N) is 1. The van der Waals surface area contributed by atoms with Crippen LogP contribution in [0.25, 0.3) is 0 Å². The maximum atomic E-state index is 12.9. The van der Waals surface area contributed by atoms with Crippen LogP contribution in [-0.2, 0) is 20.5 Å². The smallest absolute Gasteiger partial charge is 0.382 e. The van der Waals surface area contributed by atoms with E-state index in [0.717, 1.165) is 17.7 Å². The molecular formula is C23H24F3N3O3. The Bertz CT molecular complexity index is 942. The van der Waals surface area contributed by atoms with Gasteiger partial charge in [-0.2, -0.15) is 13.2 Å². The molecule has 2 aromatic rings. The summed E-state index contributed by atoms with van der Waals surface area (Å²) in [4.78, 5) is 20.2. The van der Waals surface area contributed by atoms with Gasteiger partial charge in [-0.25, -0.2) is 0 Å². The molecule has 0 spiro atoms. The zero-order valence-electron chi connectivity index (χ0n) is 17.3. The van der Waals surface area contributed by atoms with Crippen LogP contribution in [0.2, 0.25) is 0 Å². The van der Waals surface area contributed by atoms with Gasteiger partial charge in [0.2, 0.25) is 6.10 Å². The first-order valence-electron chi connectivity index (χ1n) is 10.5. The zero-order chi connectivity index (χ0) is 22.6. The number of morpholine rings is 1. The lowest BCUT2D eigenvalue weighted by atomic mass is 10.0. The largest absolute Gasteiger partial charge is 0.416 e. The Hall–Kier alpha value is -2.91. The van der Waals surface area contributed by atoms with Crippen molar-refractivity contribution in [1.82, 2.24) is 10.2 Å². The standard InChI is InChI=1S/C23H24F3N3O3/c24-23(25,26)18-8-6-17(7-9-18)20(29-10-12-31-13-11-29)15-27-22(30)21-14-19(28-32-21)16-4-2-1-3-5-16/h1-9,20-21H,10-15H2,(H,27,30). The van der Waals surface area contributed by atoms with Crippen LogP contribution in [0.15, 0.2) is 59.8 Å². The highest BCUT2D eigenvalue weighted by Crippen LogP contribution is 2.31. The molecule has 0 aromatic heterocycles. The summed E-state index contributed by atoms with van der Waals surface area (Å²) in [5.41, 5.74) is 1.61. The summed E-state index contributed by atoms with van der Waals surface area (Å²) in [6, 6.07) is 14.3. The van der Waals surface area contributed by atoms with E-state index < -0.39 is 17.8 Å². The van der Waals surface area contributed by atoms with Crippen molar-refractivity contribution in [2.24, 2.45) is 5.16 Å². The van der Waals surface area contributed by atoms with Gasteiger partial charge in [0.25, 0.3) is 5.91 Å². The Labute approximate surface area is 184 Å². The van der Waals surface area contributed by atoms with Gasteiger partial charge in [-0.1, -0.05) is 47.6 Å². The number of nitrogens with zero attached hydrogens (tertiary/aromatic N) is 2. The molecule has 2 aromatic carbocycles. The van der Waals surface area contributed by atoms with Crippen molar-refractivity contribution in [3.8, 4) is 0 Å². The Morgan fingerprint density at radius 2 is 1.78 bits per heavy atom. The van der Waals surface area contributed by atoms with Crippen molar-refractivity contribution in [1.29, 1.82) is 0 Å². The van der Waals surface area contributed by atoms with Gasteiger partial charge in [-0.15, -0.1) is 0 Å². The molecule has 2 aliphatic heterocycles. The predicted molar refractivity (Wildman–Crippen MR) is 112 cm³/mol. The number of carbonyl (C=O) groups is 1. The molecule has 0 radical (unpaired) electrons. The molecule has 9 heteroatoms. The SMILES string of the molecule is O=C(NCC(c1ccc(C(F)(F)F)cc1)N1CCOCC1)C1CC(c2ccccc2)=NO1. The zero-order valence-corrected chi connectivity index (χ0v) is 17.3. The molecule has 6 nitrogen and oxygen atoms in total. The van der Waals surface area contributed by atoms with Gasteiger partial charge in [-0.3, -0.25) is 9.69 Å². The van der Waals surface area contributed by atoms with Crippen LogP contribution in [0, 0.1) is 0 Å². The average molecular weight is 447 g/mol. The fraction of sp³-hybridized carbons (Fsp3) is 0.391. The van der Waals surface area contributed by atoms with E-state index in [-0.39, 0.29) is 18.5 Å². The summed E-state index contributed by atoms with van der Waals surface area (Å²) in [6.07, 6.45) is -4.77. The van der Waals surface area contributed by atoms with E-state index in [1.165, 1.54) is 12.1 Å². The minimum Gasteiger partial charge on any atom is -0.382 e. The van der Waals surface area contributed by atoms with Gasteiger partial charge < -0.3 is 14.9 Å². The van der Waals surface area contributed by atoms with E-state index >= 15 is 0 Å². The highest BCUT2D eigenvalue weighted by atomic mass is 19.4. The number of hydrogen-bond acceptors (Lipinski definition) is 5. The number of carbonyl (C=O) groups excluding carboxylic acids is 1. The molecule has 2 atom stereocenters. The van der Waals surface area contributed by atoms with Gasteiger partial charge in [0, 0.05) is 26.1 Å². The van der Waals surface area contributed by atoms with Gasteiger partial charge in [0.15, 0.2) is 0 Å². The predicted octanol–water partition coefficient (Wildman–Crippen LogP) is 3.39. The second kappa shape index (κ2) is 9.70. The third-order valence-electron chi connectivity index (χ3n) is 5.65. The molecule has 1 N–H and O–H groups in total. The van der Waals surface area contributed by atoms with Crippen LogP contribution in [-0.4, -0.2) is 55.5 Å². The second-order valence-corrected chi connectivity index (χ2v) is 7.73. The third kappa shape index (κ3) is 5.28. The second-order valence-electron chi connectivity index (χ2n) is 7.73. The van der Waals surface area contributed by atoms with Crippen molar-refractivity contribution in [3.63, 3.8) is 0 Å². The lowest BCUT2D eigenvalue weighted by Crippen LogP contribution is -2.45. The van der Waals surface area contributed by atoms with Gasteiger partial charge in [-0.05, 0) is 23.3 Å². The molecule has 0 saturated carbocycles. The number of rotatable bonds is 6. The number of halogens is 3. The van der Waals surface area contributed by atoms with Crippen molar-refractivity contribution >= 4 is 11.6 Å². The average Bonchev–Trinajstić information content (AvgIpc) is 3.31. The number of oxime groups is 1. The molecule has 1 saturated heterocycles. The van der Waals surface area contributed by atoms with Gasteiger partial charge in [0.05, 0.1) is 30.5 Å². The summed E-state index contributed by atoms with van der Waals surface area (Å²) in [7, 11) is 0. The summed E-state index contributed by atoms with van der Waals surface area (Å²) >= 11 is 0. The molecule has 0 aliphatic carbocycles. The van der Waals surface area contributed by atoms with E-state index in [4.69, 9.17) is 9.57 Å². The van der Waals surface area contributed by atoms with E-state index in [1.54, 1.807) is 0 Å². The highest BCUT2D eigenvalue weighted by molar-refractivity contribution is 6.04.